The highest BCUT2D eigenvalue weighted by atomic mass is 16.5. The lowest BCUT2D eigenvalue weighted by Crippen LogP contribution is -2.22. The van der Waals surface area contributed by atoms with Gasteiger partial charge in [-0.1, -0.05) is 18.2 Å². The van der Waals surface area contributed by atoms with Gasteiger partial charge >= 0.3 is 0 Å². The molecule has 0 bridgehead atoms. The molecule has 0 radical (unpaired) electrons. The third kappa shape index (κ3) is 5.80. The quantitative estimate of drug-likeness (QED) is 0.572. The zero-order valence-corrected chi connectivity index (χ0v) is 16.2. The number of anilines is 3. The maximum atomic E-state index is 12.5. The van der Waals surface area contributed by atoms with Gasteiger partial charge in [0.2, 0.25) is 5.91 Å². The summed E-state index contributed by atoms with van der Waals surface area (Å²) in [5.41, 5.74) is 2.89. The van der Waals surface area contributed by atoms with Crippen LogP contribution < -0.4 is 20.7 Å². The van der Waals surface area contributed by atoms with Crippen LogP contribution in [0.2, 0.25) is 0 Å². The number of pyridine rings is 1. The van der Waals surface area contributed by atoms with Gasteiger partial charge in [-0.15, -0.1) is 0 Å². The number of ether oxygens (including phenoxy) is 1. The highest BCUT2D eigenvalue weighted by Crippen LogP contribution is 2.19. The van der Waals surface area contributed by atoms with Crippen molar-refractivity contribution in [1.82, 2.24) is 10.3 Å². The van der Waals surface area contributed by atoms with E-state index in [1.807, 2.05) is 36.4 Å². The summed E-state index contributed by atoms with van der Waals surface area (Å²) in [7, 11) is 1.61. The van der Waals surface area contributed by atoms with Crippen molar-refractivity contribution in [3.63, 3.8) is 0 Å². The number of hydrogen-bond donors (Lipinski definition) is 3. The van der Waals surface area contributed by atoms with Crippen LogP contribution in [0.15, 0.2) is 66.9 Å². The minimum Gasteiger partial charge on any atom is -0.497 e. The van der Waals surface area contributed by atoms with Gasteiger partial charge in [-0.2, -0.15) is 0 Å². The average molecular weight is 390 g/mol. The molecule has 1 heterocycles. The minimum atomic E-state index is -0.196. The van der Waals surface area contributed by atoms with Gasteiger partial charge in [-0.25, -0.2) is 4.98 Å². The number of aromatic nitrogens is 1. The Kier molecular flexibility index (Phi) is 6.42. The van der Waals surface area contributed by atoms with E-state index in [1.54, 1.807) is 37.6 Å². The molecule has 148 valence electrons. The summed E-state index contributed by atoms with van der Waals surface area (Å²) in [5, 5.41) is 8.76. The van der Waals surface area contributed by atoms with Crippen LogP contribution in [-0.4, -0.2) is 23.9 Å². The molecule has 29 heavy (non-hydrogen) atoms. The zero-order valence-electron chi connectivity index (χ0n) is 16.2. The molecule has 1 aromatic heterocycles. The average Bonchev–Trinajstić information content (AvgIpc) is 2.72. The van der Waals surface area contributed by atoms with E-state index in [1.165, 1.54) is 6.92 Å². The molecule has 3 rings (SSSR count). The molecule has 2 amide bonds. The monoisotopic (exact) mass is 390 g/mol. The normalized spacial score (nSPS) is 10.1. The predicted molar refractivity (Wildman–Crippen MR) is 112 cm³/mol. The molecule has 3 aromatic rings. The van der Waals surface area contributed by atoms with Gasteiger partial charge in [0, 0.05) is 36.6 Å². The van der Waals surface area contributed by atoms with Crippen LogP contribution in [0.25, 0.3) is 0 Å². The number of hydrogen-bond acceptors (Lipinski definition) is 5. The molecule has 0 atom stereocenters. The summed E-state index contributed by atoms with van der Waals surface area (Å²) in [6, 6.07) is 18.1. The number of carbonyl (C=O) groups is 2. The van der Waals surface area contributed by atoms with Crippen molar-refractivity contribution < 1.29 is 14.3 Å². The first kappa shape index (κ1) is 19.9. The van der Waals surface area contributed by atoms with Crippen LogP contribution >= 0.6 is 0 Å². The molecule has 0 aliphatic carbocycles. The SMILES string of the molecule is COc1ccc(CNC(=O)c2ccnc(Nc3cccc(NC(C)=O)c3)c2)cc1. The van der Waals surface area contributed by atoms with Crippen LogP contribution in [0.4, 0.5) is 17.2 Å². The van der Waals surface area contributed by atoms with Gasteiger partial charge < -0.3 is 20.7 Å². The van der Waals surface area contributed by atoms with Gasteiger partial charge in [0.25, 0.3) is 5.91 Å². The fourth-order valence-electron chi connectivity index (χ4n) is 2.69. The third-order valence-electron chi connectivity index (χ3n) is 4.09. The van der Waals surface area contributed by atoms with E-state index in [-0.39, 0.29) is 11.8 Å². The number of amides is 2. The molecule has 0 spiro atoms. The predicted octanol–water partition coefficient (Wildman–Crippen LogP) is 3.72. The van der Waals surface area contributed by atoms with Gasteiger partial charge in [0.05, 0.1) is 7.11 Å². The van der Waals surface area contributed by atoms with Crippen molar-refractivity contribution >= 4 is 29.0 Å². The van der Waals surface area contributed by atoms with Crippen LogP contribution in [0.5, 0.6) is 5.75 Å². The van der Waals surface area contributed by atoms with Crippen LogP contribution in [-0.2, 0) is 11.3 Å². The van der Waals surface area contributed by atoms with Gasteiger partial charge in [0.15, 0.2) is 0 Å². The molecular weight excluding hydrogens is 368 g/mol. The van der Waals surface area contributed by atoms with E-state index in [0.717, 1.165) is 17.0 Å². The van der Waals surface area contributed by atoms with E-state index < -0.39 is 0 Å². The molecule has 0 saturated carbocycles. The number of carbonyl (C=O) groups excluding carboxylic acids is 2. The van der Waals surface area contributed by atoms with Crippen LogP contribution in [0, 0.1) is 0 Å². The summed E-state index contributed by atoms with van der Waals surface area (Å²) >= 11 is 0. The van der Waals surface area contributed by atoms with Crippen molar-refractivity contribution in [3.05, 3.63) is 78.0 Å². The maximum absolute atomic E-state index is 12.5. The number of rotatable bonds is 7. The topological polar surface area (TPSA) is 92.3 Å². The Hall–Kier alpha value is -3.87. The summed E-state index contributed by atoms with van der Waals surface area (Å²) in [4.78, 5) is 27.9. The molecule has 0 fully saturated rings. The van der Waals surface area contributed by atoms with E-state index >= 15 is 0 Å². The molecular formula is C22H22N4O3. The largest absolute Gasteiger partial charge is 0.497 e. The first-order chi connectivity index (χ1) is 14.0. The van der Waals surface area contributed by atoms with Crippen molar-refractivity contribution in [1.29, 1.82) is 0 Å². The highest BCUT2D eigenvalue weighted by Gasteiger charge is 2.08. The second-order valence-corrected chi connectivity index (χ2v) is 6.35. The number of nitrogens with zero attached hydrogens (tertiary/aromatic N) is 1. The van der Waals surface area contributed by atoms with Crippen LogP contribution in [0.1, 0.15) is 22.8 Å². The number of methoxy groups -OCH3 is 1. The molecule has 2 aromatic carbocycles. The summed E-state index contributed by atoms with van der Waals surface area (Å²) < 4.78 is 5.13. The highest BCUT2D eigenvalue weighted by molar-refractivity contribution is 5.95. The van der Waals surface area contributed by atoms with E-state index in [2.05, 4.69) is 20.9 Å². The molecule has 0 unspecified atom stereocenters. The van der Waals surface area contributed by atoms with E-state index in [0.29, 0.717) is 23.6 Å². The second-order valence-electron chi connectivity index (χ2n) is 6.35. The minimum absolute atomic E-state index is 0.143. The maximum Gasteiger partial charge on any atom is 0.251 e. The Morgan fingerprint density at radius 2 is 1.76 bits per heavy atom. The van der Waals surface area contributed by atoms with Crippen molar-refractivity contribution in [3.8, 4) is 5.75 Å². The molecule has 3 N–H and O–H groups in total. The molecule has 7 heteroatoms. The fraction of sp³-hybridized carbons (Fsp3) is 0.136. The lowest BCUT2D eigenvalue weighted by molar-refractivity contribution is -0.114. The molecule has 0 aliphatic rings. The van der Waals surface area contributed by atoms with Crippen LogP contribution in [0.3, 0.4) is 0 Å². The number of nitrogens with one attached hydrogen (secondary N) is 3. The van der Waals surface area contributed by atoms with Gasteiger partial charge in [-0.05, 0) is 48.0 Å². The standard InChI is InChI=1S/C22H22N4O3/c1-15(27)25-18-4-3-5-19(13-18)26-21-12-17(10-11-23-21)22(28)24-14-16-6-8-20(29-2)9-7-16/h3-13H,14H2,1-2H3,(H,23,26)(H,24,28)(H,25,27). The summed E-state index contributed by atoms with van der Waals surface area (Å²) in [5.74, 6) is 0.962. The zero-order chi connectivity index (χ0) is 20.6. The first-order valence-corrected chi connectivity index (χ1v) is 9.05. The summed E-state index contributed by atoms with van der Waals surface area (Å²) in [6.45, 7) is 1.86. The third-order valence-corrected chi connectivity index (χ3v) is 4.09. The Morgan fingerprint density at radius 3 is 2.48 bits per heavy atom. The lowest BCUT2D eigenvalue weighted by atomic mass is 10.2. The van der Waals surface area contributed by atoms with Gasteiger partial charge in [-0.3, -0.25) is 9.59 Å². The van der Waals surface area contributed by atoms with Crippen molar-refractivity contribution in [2.24, 2.45) is 0 Å². The Bertz CT molecular complexity index is 1000. The smallest absolute Gasteiger partial charge is 0.251 e. The van der Waals surface area contributed by atoms with E-state index in [9.17, 15) is 9.59 Å². The second kappa shape index (κ2) is 9.36. The van der Waals surface area contributed by atoms with Crippen molar-refractivity contribution in [2.45, 2.75) is 13.5 Å². The molecule has 7 nitrogen and oxygen atoms in total. The summed E-state index contributed by atoms with van der Waals surface area (Å²) in [6.07, 6.45) is 1.57. The Labute approximate surface area is 169 Å². The number of benzene rings is 2. The van der Waals surface area contributed by atoms with Gasteiger partial charge in [0.1, 0.15) is 11.6 Å². The molecule has 0 aliphatic heterocycles. The fourth-order valence-corrected chi connectivity index (χ4v) is 2.69. The first-order valence-electron chi connectivity index (χ1n) is 9.05. The van der Waals surface area contributed by atoms with Crippen molar-refractivity contribution in [2.75, 3.05) is 17.7 Å². The Balaban J connectivity index is 1.64. The lowest BCUT2D eigenvalue weighted by Gasteiger charge is -2.10. The molecule has 0 saturated heterocycles. The van der Waals surface area contributed by atoms with E-state index in [4.69, 9.17) is 4.74 Å². The Morgan fingerprint density at radius 1 is 1.00 bits per heavy atom.